The highest BCUT2D eigenvalue weighted by atomic mass is 32.2. The van der Waals surface area contributed by atoms with Crippen LogP contribution in [0.25, 0.3) is 0 Å². The molecule has 1 atom stereocenters. The van der Waals surface area contributed by atoms with Crippen LogP contribution in [0.5, 0.6) is 0 Å². The molecule has 1 heterocycles. The Kier molecular flexibility index (Phi) is 11.8. The summed E-state index contributed by atoms with van der Waals surface area (Å²) in [5.41, 5.74) is 0. The molecule has 0 aliphatic carbocycles. The van der Waals surface area contributed by atoms with Gasteiger partial charge in [0.2, 0.25) is 0 Å². The fraction of sp³-hybridized carbons (Fsp3) is 0.737. The number of nitrogens with one attached hydrogen (secondary N) is 1. The Hall–Kier alpha value is -1.54. The second kappa shape index (κ2) is 13.6. The Labute approximate surface area is 162 Å². The second-order valence-corrected chi connectivity index (χ2v) is 8.31. The monoisotopic (exact) mass is 403 g/mol. The number of alkyl carbamates (subject to hydrolysis) is 1. The molecule has 156 valence electrons. The number of hydrogen-bond donors (Lipinski definition) is 2. The molecule has 0 saturated carbocycles. The van der Waals surface area contributed by atoms with Crippen molar-refractivity contribution in [1.29, 1.82) is 0 Å². The van der Waals surface area contributed by atoms with Crippen molar-refractivity contribution in [3.63, 3.8) is 0 Å². The average molecular weight is 404 g/mol. The van der Waals surface area contributed by atoms with Crippen LogP contribution in [0.1, 0.15) is 83.0 Å². The molecule has 0 saturated heterocycles. The maximum Gasteiger partial charge on any atom is 0.407 e. The lowest BCUT2D eigenvalue weighted by Crippen LogP contribution is -2.28. The molecule has 27 heavy (non-hydrogen) atoms. The molecular formula is C19H33NO6S. The summed E-state index contributed by atoms with van der Waals surface area (Å²) >= 11 is 0. The van der Waals surface area contributed by atoms with E-state index in [-0.39, 0.29) is 13.0 Å². The van der Waals surface area contributed by atoms with Crippen molar-refractivity contribution in [2.24, 2.45) is 0 Å². The van der Waals surface area contributed by atoms with Crippen molar-refractivity contribution in [3.8, 4) is 0 Å². The zero-order valence-electron chi connectivity index (χ0n) is 16.2. The quantitative estimate of drug-likeness (QED) is 0.320. The van der Waals surface area contributed by atoms with E-state index in [1.54, 1.807) is 18.4 Å². The number of carbonyl (C=O) groups excluding carboxylic acids is 1. The molecule has 0 aliphatic rings. The molecule has 1 aromatic rings. The van der Waals surface area contributed by atoms with E-state index in [0.717, 1.165) is 12.8 Å². The molecule has 7 nitrogen and oxygen atoms in total. The maximum atomic E-state index is 11.9. The van der Waals surface area contributed by atoms with Gasteiger partial charge in [-0.05, 0) is 31.4 Å². The minimum Gasteiger partial charge on any atom is -0.465 e. The molecule has 0 unspecified atom stereocenters. The van der Waals surface area contributed by atoms with Crippen LogP contribution in [0.15, 0.2) is 22.8 Å². The highest BCUT2D eigenvalue weighted by Gasteiger charge is 2.19. The summed E-state index contributed by atoms with van der Waals surface area (Å²) in [4.78, 5) is 11.9. The normalized spacial score (nSPS) is 12.7. The molecule has 0 aromatic carbocycles. The molecule has 0 bridgehead atoms. The molecule has 2 N–H and O–H groups in total. The number of unbranched alkanes of at least 4 members (excludes halogenated alkanes) is 7. The molecule has 8 heteroatoms. The van der Waals surface area contributed by atoms with E-state index in [2.05, 4.69) is 12.2 Å². The van der Waals surface area contributed by atoms with Gasteiger partial charge < -0.3 is 14.5 Å². The number of rotatable bonds is 15. The Morgan fingerprint density at radius 1 is 1.15 bits per heavy atom. The van der Waals surface area contributed by atoms with E-state index in [4.69, 9.17) is 13.7 Å². The third-order valence-electron chi connectivity index (χ3n) is 4.28. The minimum absolute atomic E-state index is 0.112. The first-order valence-corrected chi connectivity index (χ1v) is 11.5. The lowest BCUT2D eigenvalue weighted by atomic mass is 10.0. The summed E-state index contributed by atoms with van der Waals surface area (Å²) in [6, 6.07) is 3.53. The van der Waals surface area contributed by atoms with E-state index in [1.807, 2.05) is 0 Å². The van der Waals surface area contributed by atoms with Crippen LogP contribution < -0.4 is 5.32 Å². The summed E-state index contributed by atoms with van der Waals surface area (Å²) in [6.45, 7) is 2.32. The second-order valence-electron chi connectivity index (χ2n) is 6.74. The Morgan fingerprint density at radius 2 is 1.81 bits per heavy atom. The summed E-state index contributed by atoms with van der Waals surface area (Å²) < 4.78 is 40.8. The fourth-order valence-corrected chi connectivity index (χ4v) is 3.32. The average Bonchev–Trinajstić information content (AvgIpc) is 3.14. The fourth-order valence-electron chi connectivity index (χ4n) is 2.81. The third-order valence-corrected chi connectivity index (χ3v) is 5.08. The molecular weight excluding hydrogens is 370 g/mol. The number of ether oxygens (including phenoxy) is 1. The summed E-state index contributed by atoms with van der Waals surface area (Å²) in [6.07, 6.45) is 10.8. The highest BCUT2D eigenvalue weighted by molar-refractivity contribution is 7.85. The summed E-state index contributed by atoms with van der Waals surface area (Å²) in [5, 5.41) is 2.50. The largest absolute Gasteiger partial charge is 0.465 e. The Bertz CT molecular complexity index is 600. The van der Waals surface area contributed by atoms with Gasteiger partial charge in [-0.15, -0.1) is 0 Å². The summed E-state index contributed by atoms with van der Waals surface area (Å²) in [5.74, 6) is 0.207. The van der Waals surface area contributed by atoms with Gasteiger partial charge in [0.25, 0.3) is 10.1 Å². The lowest BCUT2D eigenvalue weighted by molar-refractivity contribution is 0.0778. The maximum absolute atomic E-state index is 11.9. The number of hydrogen-bond acceptors (Lipinski definition) is 5. The molecule has 0 radical (unpaired) electrons. The van der Waals surface area contributed by atoms with E-state index in [0.29, 0.717) is 12.2 Å². The van der Waals surface area contributed by atoms with Gasteiger partial charge in [-0.2, -0.15) is 8.42 Å². The van der Waals surface area contributed by atoms with E-state index >= 15 is 0 Å². The molecule has 0 aliphatic heterocycles. The molecule has 0 fully saturated rings. The minimum atomic E-state index is -4.01. The zero-order chi connectivity index (χ0) is 20.0. The first-order valence-electron chi connectivity index (χ1n) is 9.85. The Morgan fingerprint density at radius 3 is 2.41 bits per heavy atom. The van der Waals surface area contributed by atoms with Gasteiger partial charge in [0, 0.05) is 6.54 Å². The molecule has 1 amide bonds. The van der Waals surface area contributed by atoms with Gasteiger partial charge in [0.05, 0.1) is 12.0 Å². The van der Waals surface area contributed by atoms with E-state index in [1.165, 1.54) is 38.5 Å². The van der Waals surface area contributed by atoms with Crippen LogP contribution in [0.4, 0.5) is 4.79 Å². The van der Waals surface area contributed by atoms with Crippen LogP contribution in [-0.4, -0.2) is 31.4 Å². The highest BCUT2D eigenvalue weighted by Crippen LogP contribution is 2.25. The standard InChI is InChI=1S/C19H33NO6S/c1-2-3-4-5-6-7-8-9-12-18(17-13-10-15-25-17)26-19(21)20-14-11-16-27(22,23)24/h10,13,15,18H,2-9,11-12,14,16H2,1H3,(H,20,21)(H,22,23,24)/t18-/m0/s1. The van der Waals surface area contributed by atoms with Crippen molar-refractivity contribution in [2.75, 3.05) is 12.3 Å². The van der Waals surface area contributed by atoms with Gasteiger partial charge in [-0.1, -0.05) is 51.9 Å². The smallest absolute Gasteiger partial charge is 0.407 e. The van der Waals surface area contributed by atoms with E-state index < -0.39 is 28.1 Å². The van der Waals surface area contributed by atoms with Crippen LogP contribution >= 0.6 is 0 Å². The van der Waals surface area contributed by atoms with Crippen molar-refractivity contribution in [2.45, 2.75) is 77.2 Å². The van der Waals surface area contributed by atoms with Crippen LogP contribution in [0.2, 0.25) is 0 Å². The van der Waals surface area contributed by atoms with Crippen LogP contribution in [0.3, 0.4) is 0 Å². The zero-order valence-corrected chi connectivity index (χ0v) is 17.0. The van der Waals surface area contributed by atoms with Crippen LogP contribution in [-0.2, 0) is 14.9 Å². The van der Waals surface area contributed by atoms with Crippen molar-refractivity contribution in [3.05, 3.63) is 24.2 Å². The number of carbonyl (C=O) groups is 1. The van der Waals surface area contributed by atoms with Gasteiger partial charge >= 0.3 is 6.09 Å². The van der Waals surface area contributed by atoms with E-state index in [9.17, 15) is 13.2 Å². The van der Waals surface area contributed by atoms with Gasteiger partial charge in [0.15, 0.2) is 6.10 Å². The first kappa shape index (κ1) is 23.5. The predicted octanol–water partition coefficient (Wildman–Crippen LogP) is 4.86. The number of amides is 1. The molecule has 1 rings (SSSR count). The topological polar surface area (TPSA) is 106 Å². The Balaban J connectivity index is 2.28. The van der Waals surface area contributed by atoms with Crippen LogP contribution in [0, 0.1) is 0 Å². The molecule has 1 aromatic heterocycles. The van der Waals surface area contributed by atoms with Crippen molar-refractivity contribution < 1.29 is 26.9 Å². The SMILES string of the molecule is CCCCCCCCCC[C@H](OC(=O)NCCCS(=O)(=O)O)c1ccco1. The third kappa shape index (κ3) is 12.5. The summed E-state index contributed by atoms with van der Waals surface area (Å²) in [7, 11) is -4.01. The molecule has 0 spiro atoms. The van der Waals surface area contributed by atoms with Gasteiger partial charge in [-0.25, -0.2) is 4.79 Å². The van der Waals surface area contributed by atoms with Gasteiger partial charge in [-0.3, -0.25) is 4.55 Å². The number of furan rings is 1. The van der Waals surface area contributed by atoms with Gasteiger partial charge in [0.1, 0.15) is 5.76 Å². The van der Waals surface area contributed by atoms with Crippen molar-refractivity contribution >= 4 is 16.2 Å². The first-order chi connectivity index (χ1) is 12.9. The predicted molar refractivity (Wildman–Crippen MR) is 104 cm³/mol. The van der Waals surface area contributed by atoms with Crippen molar-refractivity contribution in [1.82, 2.24) is 5.32 Å². The lowest BCUT2D eigenvalue weighted by Gasteiger charge is -2.16.